The van der Waals surface area contributed by atoms with Crippen molar-refractivity contribution in [1.29, 1.82) is 0 Å². The van der Waals surface area contributed by atoms with E-state index < -0.39 is 23.7 Å². The minimum absolute atomic E-state index is 0.0944. The summed E-state index contributed by atoms with van der Waals surface area (Å²) in [4.78, 5) is 23.4. The SMILES string of the molecule is Cc1coc(CC(=O)O)c1C(=O)NC1COc2cc(F)c(Br)cc21. The van der Waals surface area contributed by atoms with Crippen molar-refractivity contribution in [2.75, 3.05) is 6.61 Å². The quantitative estimate of drug-likeness (QED) is 0.827. The molecule has 0 bridgehead atoms. The normalized spacial score (nSPS) is 15.7. The van der Waals surface area contributed by atoms with Gasteiger partial charge in [-0.1, -0.05) is 0 Å². The molecule has 2 N–H and O–H groups in total. The standard InChI is InChI=1S/C16H13BrFNO5/c1-7-5-23-13(4-14(20)21)15(7)16(22)19-11-6-24-12-3-10(18)9(17)2-8(11)12/h2-3,5,11H,4,6H2,1H3,(H,19,22)(H,20,21). The number of carbonyl (C=O) groups excluding carboxylic acids is 1. The number of ether oxygens (including phenoxy) is 1. The summed E-state index contributed by atoms with van der Waals surface area (Å²) >= 11 is 3.11. The van der Waals surface area contributed by atoms with Crippen LogP contribution in [0.3, 0.4) is 0 Å². The number of nitrogens with one attached hydrogen (secondary N) is 1. The third kappa shape index (κ3) is 3.01. The van der Waals surface area contributed by atoms with Gasteiger partial charge in [-0.15, -0.1) is 0 Å². The van der Waals surface area contributed by atoms with Crippen LogP contribution in [0.4, 0.5) is 4.39 Å². The lowest BCUT2D eigenvalue weighted by atomic mass is 10.1. The first-order chi connectivity index (χ1) is 11.4. The number of carboxylic acid groups (broad SMARTS) is 1. The molecule has 3 rings (SSSR count). The molecular weight excluding hydrogens is 385 g/mol. The predicted octanol–water partition coefficient (Wildman–Crippen LogP) is 2.98. The second-order valence-electron chi connectivity index (χ2n) is 5.43. The van der Waals surface area contributed by atoms with Crippen molar-refractivity contribution in [3.63, 3.8) is 0 Å². The lowest BCUT2D eigenvalue weighted by Crippen LogP contribution is -2.30. The number of carboxylic acids is 1. The third-order valence-corrected chi connectivity index (χ3v) is 4.34. The van der Waals surface area contributed by atoms with Gasteiger partial charge in [0.15, 0.2) is 0 Å². The molecule has 0 saturated carbocycles. The number of amides is 1. The molecule has 1 atom stereocenters. The summed E-state index contributed by atoms with van der Waals surface area (Å²) in [6, 6.07) is 2.35. The van der Waals surface area contributed by atoms with Crippen LogP contribution in [-0.2, 0) is 11.2 Å². The molecule has 1 aromatic carbocycles. The Bertz CT molecular complexity index is 832. The van der Waals surface area contributed by atoms with Gasteiger partial charge in [-0.05, 0) is 28.9 Å². The molecular formula is C16H13BrFNO5. The summed E-state index contributed by atoms with van der Waals surface area (Å²) in [7, 11) is 0. The smallest absolute Gasteiger partial charge is 0.311 e. The zero-order valence-electron chi connectivity index (χ0n) is 12.6. The van der Waals surface area contributed by atoms with E-state index in [2.05, 4.69) is 21.2 Å². The van der Waals surface area contributed by atoms with E-state index in [1.54, 1.807) is 13.0 Å². The zero-order valence-corrected chi connectivity index (χ0v) is 14.1. The average Bonchev–Trinajstić information content (AvgIpc) is 3.04. The van der Waals surface area contributed by atoms with Gasteiger partial charge in [0, 0.05) is 17.2 Å². The van der Waals surface area contributed by atoms with Gasteiger partial charge >= 0.3 is 5.97 Å². The van der Waals surface area contributed by atoms with E-state index in [4.69, 9.17) is 14.3 Å². The van der Waals surface area contributed by atoms with Gasteiger partial charge in [-0.2, -0.15) is 0 Å². The number of furan rings is 1. The summed E-state index contributed by atoms with van der Waals surface area (Å²) in [5.74, 6) is -1.53. The lowest BCUT2D eigenvalue weighted by Gasteiger charge is -2.12. The Morgan fingerprint density at radius 3 is 2.92 bits per heavy atom. The Kier molecular flexibility index (Phi) is 4.31. The molecule has 1 aromatic heterocycles. The summed E-state index contributed by atoms with van der Waals surface area (Å²) in [6.07, 6.45) is 0.962. The molecule has 0 radical (unpaired) electrons. The molecule has 126 valence electrons. The van der Waals surface area contributed by atoms with Crippen molar-refractivity contribution in [3.05, 3.63) is 51.1 Å². The molecule has 24 heavy (non-hydrogen) atoms. The van der Waals surface area contributed by atoms with E-state index in [0.29, 0.717) is 16.9 Å². The molecule has 6 nitrogen and oxygen atoms in total. The lowest BCUT2D eigenvalue weighted by molar-refractivity contribution is -0.136. The van der Waals surface area contributed by atoms with Gasteiger partial charge in [0.1, 0.15) is 30.4 Å². The van der Waals surface area contributed by atoms with Gasteiger partial charge in [-0.25, -0.2) is 4.39 Å². The summed E-state index contributed by atoms with van der Waals surface area (Å²) in [5, 5.41) is 11.7. The van der Waals surface area contributed by atoms with E-state index in [1.165, 1.54) is 12.3 Å². The number of aryl methyl sites for hydroxylation is 1. The highest BCUT2D eigenvalue weighted by Gasteiger charge is 2.29. The van der Waals surface area contributed by atoms with Crippen LogP contribution < -0.4 is 10.1 Å². The molecule has 8 heteroatoms. The topological polar surface area (TPSA) is 88.8 Å². The van der Waals surface area contributed by atoms with E-state index >= 15 is 0 Å². The van der Waals surface area contributed by atoms with Gasteiger partial charge in [0.05, 0.1) is 22.3 Å². The van der Waals surface area contributed by atoms with Gasteiger partial charge < -0.3 is 19.6 Å². The molecule has 1 aliphatic heterocycles. The minimum Gasteiger partial charge on any atom is -0.491 e. The molecule has 0 spiro atoms. The number of aliphatic carboxylic acids is 1. The Hall–Kier alpha value is -2.35. The fraction of sp³-hybridized carbons (Fsp3) is 0.250. The molecule has 2 aromatic rings. The highest BCUT2D eigenvalue weighted by molar-refractivity contribution is 9.10. The van der Waals surface area contributed by atoms with Crippen molar-refractivity contribution >= 4 is 27.8 Å². The van der Waals surface area contributed by atoms with Crippen LogP contribution in [0.1, 0.15) is 33.3 Å². The Morgan fingerprint density at radius 1 is 1.46 bits per heavy atom. The monoisotopic (exact) mass is 397 g/mol. The van der Waals surface area contributed by atoms with Crippen LogP contribution in [0.5, 0.6) is 5.75 Å². The fourth-order valence-electron chi connectivity index (χ4n) is 2.62. The maximum atomic E-state index is 13.5. The second-order valence-corrected chi connectivity index (χ2v) is 6.28. The van der Waals surface area contributed by atoms with E-state index in [9.17, 15) is 14.0 Å². The highest BCUT2D eigenvalue weighted by Crippen LogP contribution is 2.36. The molecule has 0 saturated heterocycles. The molecule has 1 amide bonds. The van der Waals surface area contributed by atoms with Gasteiger partial charge in [0.25, 0.3) is 5.91 Å². The van der Waals surface area contributed by atoms with Crippen LogP contribution in [0.15, 0.2) is 27.3 Å². The van der Waals surface area contributed by atoms with Gasteiger partial charge in [-0.3, -0.25) is 9.59 Å². The van der Waals surface area contributed by atoms with Crippen molar-refractivity contribution in [1.82, 2.24) is 5.32 Å². The third-order valence-electron chi connectivity index (χ3n) is 3.73. The highest BCUT2D eigenvalue weighted by atomic mass is 79.9. The number of carbonyl (C=O) groups is 2. The molecule has 1 unspecified atom stereocenters. The Labute approximate surface area is 144 Å². The average molecular weight is 398 g/mol. The first-order valence-corrected chi connectivity index (χ1v) is 7.87. The van der Waals surface area contributed by atoms with Crippen LogP contribution in [0.2, 0.25) is 0 Å². The fourth-order valence-corrected chi connectivity index (χ4v) is 2.99. The van der Waals surface area contributed by atoms with E-state index in [1.807, 2.05) is 0 Å². The summed E-state index contributed by atoms with van der Waals surface area (Å²) in [5.41, 5.74) is 1.40. The maximum absolute atomic E-state index is 13.5. The Balaban J connectivity index is 1.84. The first kappa shape index (κ1) is 16.5. The molecule has 0 fully saturated rings. The number of halogens is 2. The van der Waals surface area contributed by atoms with Crippen molar-refractivity contribution in [2.45, 2.75) is 19.4 Å². The van der Waals surface area contributed by atoms with Crippen molar-refractivity contribution < 1.29 is 28.2 Å². The van der Waals surface area contributed by atoms with E-state index in [0.717, 1.165) is 0 Å². The van der Waals surface area contributed by atoms with Gasteiger partial charge in [0.2, 0.25) is 0 Å². The van der Waals surface area contributed by atoms with Crippen molar-refractivity contribution in [2.24, 2.45) is 0 Å². The predicted molar refractivity (Wildman–Crippen MR) is 84.6 cm³/mol. The molecule has 1 aliphatic rings. The number of fused-ring (bicyclic) bond motifs is 1. The second kappa shape index (κ2) is 6.27. The minimum atomic E-state index is -1.09. The largest absolute Gasteiger partial charge is 0.491 e. The van der Waals surface area contributed by atoms with Crippen LogP contribution in [0.25, 0.3) is 0 Å². The maximum Gasteiger partial charge on any atom is 0.311 e. The number of benzene rings is 1. The molecule has 2 heterocycles. The molecule has 0 aliphatic carbocycles. The Morgan fingerprint density at radius 2 is 2.21 bits per heavy atom. The summed E-state index contributed by atoms with van der Waals surface area (Å²) < 4.78 is 24.4. The van der Waals surface area contributed by atoms with Crippen LogP contribution in [-0.4, -0.2) is 23.6 Å². The van der Waals surface area contributed by atoms with E-state index in [-0.39, 0.29) is 28.8 Å². The van der Waals surface area contributed by atoms with Crippen LogP contribution >= 0.6 is 15.9 Å². The number of hydrogen-bond donors (Lipinski definition) is 2. The zero-order chi connectivity index (χ0) is 17.4. The van der Waals surface area contributed by atoms with Crippen molar-refractivity contribution in [3.8, 4) is 5.75 Å². The first-order valence-electron chi connectivity index (χ1n) is 7.08. The number of hydrogen-bond acceptors (Lipinski definition) is 4. The number of rotatable bonds is 4. The van der Waals surface area contributed by atoms with Crippen LogP contribution in [0, 0.1) is 12.7 Å². The summed E-state index contributed by atoms with van der Waals surface area (Å²) in [6.45, 7) is 1.83.